The van der Waals surface area contributed by atoms with E-state index in [9.17, 15) is 4.79 Å². The van der Waals surface area contributed by atoms with E-state index in [1.807, 2.05) is 24.3 Å². The first-order chi connectivity index (χ1) is 8.13. The van der Waals surface area contributed by atoms with Gasteiger partial charge in [0.2, 0.25) is 5.91 Å². The highest BCUT2D eigenvalue weighted by molar-refractivity contribution is 5.84. The van der Waals surface area contributed by atoms with Gasteiger partial charge >= 0.3 is 0 Å². The van der Waals surface area contributed by atoms with Gasteiger partial charge in [-0.15, -0.1) is 0 Å². The highest BCUT2D eigenvalue weighted by atomic mass is 16.5. The number of nitrogens with one attached hydrogen (secondary N) is 1. The average molecular weight is 233 g/mol. The topological polar surface area (TPSA) is 38.3 Å². The molecular formula is C14H19NO2. The summed E-state index contributed by atoms with van der Waals surface area (Å²) < 4.78 is 5.55. The van der Waals surface area contributed by atoms with Crippen LogP contribution in [0.2, 0.25) is 0 Å². The number of benzene rings is 1. The predicted molar refractivity (Wildman–Crippen MR) is 69.7 cm³/mol. The minimum absolute atomic E-state index is 0.113. The molecule has 0 fully saturated rings. The zero-order valence-electron chi connectivity index (χ0n) is 10.5. The molecule has 0 unspecified atom stereocenters. The van der Waals surface area contributed by atoms with Gasteiger partial charge in [0.25, 0.3) is 0 Å². The summed E-state index contributed by atoms with van der Waals surface area (Å²) in [6, 6.07) is 7.55. The molecule has 0 aromatic heterocycles. The Labute approximate surface area is 102 Å². The Hall–Kier alpha value is -1.77. The zero-order chi connectivity index (χ0) is 12.7. The summed E-state index contributed by atoms with van der Waals surface area (Å²) in [7, 11) is 0. The minimum Gasteiger partial charge on any atom is -0.494 e. The van der Waals surface area contributed by atoms with E-state index in [-0.39, 0.29) is 5.91 Å². The molecule has 0 spiro atoms. The molecule has 0 aliphatic heterocycles. The molecule has 3 nitrogen and oxygen atoms in total. The lowest BCUT2D eigenvalue weighted by atomic mass is 10.1. The summed E-state index contributed by atoms with van der Waals surface area (Å²) in [5.41, 5.74) is 1.50. The zero-order valence-corrected chi connectivity index (χ0v) is 10.5. The van der Waals surface area contributed by atoms with E-state index in [2.05, 4.69) is 18.8 Å². The van der Waals surface area contributed by atoms with Crippen molar-refractivity contribution in [1.29, 1.82) is 0 Å². The van der Waals surface area contributed by atoms with E-state index < -0.39 is 0 Å². The maximum atomic E-state index is 10.9. The predicted octanol–water partition coefficient (Wildman–Crippen LogP) is 2.97. The first-order valence-electron chi connectivity index (χ1n) is 5.83. The van der Waals surface area contributed by atoms with Crippen LogP contribution in [-0.4, -0.2) is 12.5 Å². The van der Waals surface area contributed by atoms with E-state index >= 15 is 0 Å². The molecule has 0 saturated carbocycles. The Morgan fingerprint density at radius 3 is 2.53 bits per heavy atom. The lowest BCUT2D eigenvalue weighted by Crippen LogP contribution is -2.17. The van der Waals surface area contributed by atoms with Crippen LogP contribution < -0.4 is 10.1 Å². The first-order valence-corrected chi connectivity index (χ1v) is 5.83. The van der Waals surface area contributed by atoms with Crippen molar-refractivity contribution in [2.75, 3.05) is 6.61 Å². The third kappa shape index (κ3) is 4.72. The Bertz CT molecular complexity index is 382. The van der Waals surface area contributed by atoms with Crippen LogP contribution in [0.15, 0.2) is 30.8 Å². The molecule has 92 valence electrons. The molecule has 1 aromatic carbocycles. The van der Waals surface area contributed by atoms with E-state index in [4.69, 9.17) is 4.74 Å². The number of ether oxygens (including phenoxy) is 1. The maximum Gasteiger partial charge on any atom is 0.221 e. The Balaban J connectivity index is 2.55. The summed E-state index contributed by atoms with van der Waals surface area (Å²) in [4.78, 5) is 10.9. The number of amides is 1. The molecule has 0 saturated heterocycles. The summed E-state index contributed by atoms with van der Waals surface area (Å²) in [5, 5.41) is 2.66. The summed E-state index contributed by atoms with van der Waals surface area (Å²) >= 11 is 0. The van der Waals surface area contributed by atoms with Crippen molar-refractivity contribution in [3.8, 4) is 5.75 Å². The molecule has 0 aliphatic carbocycles. The molecule has 17 heavy (non-hydrogen) atoms. The highest BCUT2D eigenvalue weighted by Crippen LogP contribution is 2.16. The van der Waals surface area contributed by atoms with Gasteiger partial charge in [-0.2, -0.15) is 0 Å². The smallest absolute Gasteiger partial charge is 0.221 e. The number of rotatable bonds is 6. The fourth-order valence-corrected chi connectivity index (χ4v) is 1.37. The largest absolute Gasteiger partial charge is 0.494 e. The van der Waals surface area contributed by atoms with Crippen molar-refractivity contribution >= 4 is 11.6 Å². The number of hydrogen-bond donors (Lipinski definition) is 1. The molecular weight excluding hydrogens is 214 g/mol. The van der Waals surface area contributed by atoms with Crippen molar-refractivity contribution < 1.29 is 9.53 Å². The Morgan fingerprint density at radius 1 is 1.35 bits per heavy atom. The second kappa shape index (κ2) is 6.74. The number of unbranched alkanes of at least 4 members (excludes halogenated alkanes) is 1. The van der Waals surface area contributed by atoms with Gasteiger partial charge in [0.05, 0.1) is 6.61 Å². The van der Waals surface area contributed by atoms with Crippen LogP contribution in [0.1, 0.15) is 32.3 Å². The normalized spacial score (nSPS) is 9.76. The van der Waals surface area contributed by atoms with Crippen LogP contribution in [0, 0.1) is 0 Å². The fraction of sp³-hybridized carbons (Fsp3) is 0.357. The van der Waals surface area contributed by atoms with Crippen LogP contribution in [0.4, 0.5) is 0 Å². The molecule has 0 bridgehead atoms. The van der Waals surface area contributed by atoms with Gasteiger partial charge in [-0.05, 0) is 36.2 Å². The minimum atomic E-state index is -0.113. The molecule has 1 amide bonds. The van der Waals surface area contributed by atoms with Crippen molar-refractivity contribution in [1.82, 2.24) is 5.32 Å². The number of carbonyl (C=O) groups excluding carboxylic acids is 1. The molecule has 1 aromatic rings. The van der Waals surface area contributed by atoms with Gasteiger partial charge in [-0.25, -0.2) is 0 Å². The highest BCUT2D eigenvalue weighted by Gasteiger charge is 2.01. The van der Waals surface area contributed by atoms with Crippen molar-refractivity contribution in [2.45, 2.75) is 26.7 Å². The molecule has 1 N–H and O–H groups in total. The van der Waals surface area contributed by atoms with Gasteiger partial charge in [0.1, 0.15) is 5.75 Å². The second-order valence-corrected chi connectivity index (χ2v) is 3.89. The maximum absolute atomic E-state index is 10.9. The standard InChI is InChI=1S/C14H19NO2/c1-4-5-10-17-14-8-6-13(7-9-14)11(2)15-12(3)16/h6-9H,2,4-5,10H2,1,3H3,(H,15,16). The average Bonchev–Trinajstić information content (AvgIpc) is 2.29. The van der Waals surface area contributed by atoms with Crippen molar-refractivity contribution in [3.63, 3.8) is 0 Å². The molecule has 3 heteroatoms. The third-order valence-electron chi connectivity index (χ3n) is 2.30. The summed E-state index contributed by atoms with van der Waals surface area (Å²) in [6.45, 7) is 8.13. The van der Waals surface area contributed by atoms with Gasteiger partial charge in [0.15, 0.2) is 0 Å². The number of carbonyl (C=O) groups is 1. The monoisotopic (exact) mass is 233 g/mol. The van der Waals surface area contributed by atoms with E-state index in [0.717, 1.165) is 30.8 Å². The van der Waals surface area contributed by atoms with Crippen LogP contribution in [0.3, 0.4) is 0 Å². The Morgan fingerprint density at radius 2 is 2.00 bits per heavy atom. The van der Waals surface area contributed by atoms with Gasteiger partial charge in [0, 0.05) is 12.6 Å². The van der Waals surface area contributed by atoms with Crippen LogP contribution >= 0.6 is 0 Å². The molecule has 0 aliphatic rings. The van der Waals surface area contributed by atoms with Gasteiger partial charge in [-0.1, -0.05) is 19.9 Å². The van der Waals surface area contributed by atoms with Crippen LogP contribution in [0.5, 0.6) is 5.75 Å². The van der Waals surface area contributed by atoms with E-state index in [0.29, 0.717) is 5.70 Å². The van der Waals surface area contributed by atoms with Crippen LogP contribution in [-0.2, 0) is 4.79 Å². The van der Waals surface area contributed by atoms with Gasteiger partial charge in [-0.3, -0.25) is 4.79 Å². The van der Waals surface area contributed by atoms with Crippen molar-refractivity contribution in [3.05, 3.63) is 36.4 Å². The third-order valence-corrected chi connectivity index (χ3v) is 2.30. The van der Waals surface area contributed by atoms with Crippen molar-refractivity contribution in [2.24, 2.45) is 0 Å². The SMILES string of the molecule is C=C(NC(C)=O)c1ccc(OCCCC)cc1. The summed E-state index contributed by atoms with van der Waals surface area (Å²) in [5.74, 6) is 0.732. The molecule has 0 atom stereocenters. The van der Waals surface area contributed by atoms with E-state index in [1.54, 1.807) is 0 Å². The van der Waals surface area contributed by atoms with Gasteiger partial charge < -0.3 is 10.1 Å². The quantitative estimate of drug-likeness (QED) is 0.767. The lowest BCUT2D eigenvalue weighted by Gasteiger charge is -2.08. The Kier molecular flexibility index (Phi) is 5.27. The second-order valence-electron chi connectivity index (χ2n) is 3.89. The molecule has 0 radical (unpaired) electrons. The summed E-state index contributed by atoms with van der Waals surface area (Å²) in [6.07, 6.45) is 2.18. The van der Waals surface area contributed by atoms with E-state index in [1.165, 1.54) is 6.92 Å². The molecule has 1 rings (SSSR count). The fourth-order valence-electron chi connectivity index (χ4n) is 1.37. The first kappa shape index (κ1) is 13.3. The lowest BCUT2D eigenvalue weighted by molar-refractivity contribution is -0.117. The van der Waals surface area contributed by atoms with Crippen LogP contribution in [0.25, 0.3) is 5.70 Å². The number of hydrogen-bond acceptors (Lipinski definition) is 2. The molecule has 0 heterocycles.